The van der Waals surface area contributed by atoms with Crippen LogP contribution in [0.25, 0.3) is 11.0 Å². The molecule has 1 heterocycles. The van der Waals surface area contributed by atoms with Gasteiger partial charge in [0.15, 0.2) is 0 Å². The zero-order chi connectivity index (χ0) is 22.8. The van der Waals surface area contributed by atoms with Crippen LogP contribution >= 0.6 is 0 Å². The monoisotopic (exact) mass is 431 g/mol. The molecule has 0 unspecified atom stereocenters. The number of anilines is 1. The molecule has 2 N–H and O–H groups in total. The zero-order valence-corrected chi connectivity index (χ0v) is 18.3. The normalized spacial score (nSPS) is 11.0. The first-order valence-corrected chi connectivity index (χ1v) is 10.3. The summed E-state index contributed by atoms with van der Waals surface area (Å²) in [6, 6.07) is 18.8. The predicted octanol–water partition coefficient (Wildman–Crippen LogP) is 4.07. The van der Waals surface area contributed by atoms with E-state index >= 15 is 0 Å². The van der Waals surface area contributed by atoms with Gasteiger partial charge in [-0.3, -0.25) is 9.13 Å². The van der Waals surface area contributed by atoms with Crippen LogP contribution in [0.1, 0.15) is 27.0 Å². The first-order valence-electron chi connectivity index (χ1n) is 10.3. The number of ether oxygens (including phenoxy) is 1. The second-order valence-electron chi connectivity index (χ2n) is 7.76. The Balaban J connectivity index is 1.50. The Hall–Kier alpha value is -4.00. The maximum Gasteiger partial charge on any atom is 0.336 e. The third-order valence-electron chi connectivity index (χ3n) is 5.74. The summed E-state index contributed by atoms with van der Waals surface area (Å²) in [5.41, 5.74) is 5.36. The number of carboxylic acids is 1. The Morgan fingerprint density at radius 2 is 1.75 bits per heavy atom. The van der Waals surface area contributed by atoms with Crippen molar-refractivity contribution in [2.75, 3.05) is 5.32 Å². The molecule has 0 saturated carbocycles. The van der Waals surface area contributed by atoms with Crippen LogP contribution in [0, 0.1) is 6.92 Å². The van der Waals surface area contributed by atoms with E-state index in [4.69, 9.17) is 4.74 Å². The van der Waals surface area contributed by atoms with Crippen LogP contribution in [0.5, 0.6) is 5.75 Å². The predicted molar refractivity (Wildman–Crippen MR) is 124 cm³/mol. The summed E-state index contributed by atoms with van der Waals surface area (Å²) >= 11 is 0. The van der Waals surface area contributed by atoms with Crippen LogP contribution in [0.15, 0.2) is 65.5 Å². The number of aromatic nitrogens is 2. The van der Waals surface area contributed by atoms with Crippen LogP contribution in [0.2, 0.25) is 0 Å². The largest absolute Gasteiger partial charge is 0.489 e. The highest BCUT2D eigenvalue weighted by molar-refractivity contribution is 5.91. The van der Waals surface area contributed by atoms with Gasteiger partial charge in [-0.2, -0.15) is 0 Å². The van der Waals surface area contributed by atoms with Crippen molar-refractivity contribution >= 4 is 22.7 Å². The average molecular weight is 431 g/mol. The van der Waals surface area contributed by atoms with Gasteiger partial charge >= 0.3 is 11.7 Å². The molecule has 3 aromatic carbocycles. The second kappa shape index (κ2) is 8.63. The number of aryl methyl sites for hydroxylation is 2. The Morgan fingerprint density at radius 1 is 1.00 bits per heavy atom. The first-order chi connectivity index (χ1) is 15.4. The zero-order valence-electron chi connectivity index (χ0n) is 18.3. The van der Waals surface area contributed by atoms with Crippen molar-refractivity contribution in [3.05, 3.63) is 93.4 Å². The number of aromatic carboxylic acids is 1. The van der Waals surface area contributed by atoms with Gasteiger partial charge in [0.2, 0.25) is 0 Å². The molecule has 7 heteroatoms. The molecule has 32 heavy (non-hydrogen) atoms. The van der Waals surface area contributed by atoms with Crippen LogP contribution in [0.4, 0.5) is 5.69 Å². The smallest absolute Gasteiger partial charge is 0.336 e. The number of hydrogen-bond acceptors (Lipinski definition) is 4. The highest BCUT2D eigenvalue weighted by Crippen LogP contribution is 2.24. The quantitative estimate of drug-likeness (QED) is 0.461. The fourth-order valence-electron chi connectivity index (χ4n) is 3.84. The number of nitrogens with one attached hydrogen (secondary N) is 1. The highest BCUT2D eigenvalue weighted by Gasteiger charge is 2.12. The topological polar surface area (TPSA) is 85.5 Å². The Bertz CT molecular complexity index is 1370. The van der Waals surface area contributed by atoms with E-state index in [2.05, 4.69) is 5.32 Å². The molecule has 0 aliphatic heterocycles. The lowest BCUT2D eigenvalue weighted by Gasteiger charge is -2.15. The van der Waals surface area contributed by atoms with Crippen molar-refractivity contribution in [1.82, 2.24) is 9.13 Å². The maximum atomic E-state index is 12.1. The molecule has 0 aliphatic rings. The van der Waals surface area contributed by atoms with Gasteiger partial charge in [-0.25, -0.2) is 9.59 Å². The number of carboxylic acid groups (broad SMARTS) is 1. The Labute approximate surface area is 185 Å². The Kier molecular flexibility index (Phi) is 5.73. The molecule has 0 saturated heterocycles. The first kappa shape index (κ1) is 21.2. The van der Waals surface area contributed by atoms with Crippen LogP contribution in [-0.4, -0.2) is 20.2 Å². The van der Waals surface area contributed by atoms with E-state index in [-0.39, 0.29) is 11.3 Å². The molecule has 0 aliphatic carbocycles. The van der Waals surface area contributed by atoms with Crippen molar-refractivity contribution in [3.8, 4) is 5.75 Å². The minimum atomic E-state index is -0.942. The molecule has 0 amide bonds. The van der Waals surface area contributed by atoms with E-state index in [1.54, 1.807) is 42.3 Å². The molecule has 4 aromatic rings. The van der Waals surface area contributed by atoms with Crippen molar-refractivity contribution < 1.29 is 14.6 Å². The average Bonchev–Trinajstić information content (AvgIpc) is 3.01. The molecule has 0 fully saturated rings. The third-order valence-corrected chi connectivity index (χ3v) is 5.74. The van der Waals surface area contributed by atoms with E-state index < -0.39 is 5.97 Å². The minimum absolute atomic E-state index is 0.0586. The molecule has 164 valence electrons. The van der Waals surface area contributed by atoms with Gasteiger partial charge in [-0.15, -0.1) is 0 Å². The summed E-state index contributed by atoms with van der Waals surface area (Å²) < 4.78 is 9.36. The summed E-state index contributed by atoms with van der Waals surface area (Å²) in [5, 5.41) is 12.6. The van der Waals surface area contributed by atoms with Gasteiger partial charge in [-0.05, 0) is 48.4 Å². The lowest BCUT2D eigenvalue weighted by molar-refractivity contribution is 0.0696. The van der Waals surface area contributed by atoms with Crippen LogP contribution < -0.4 is 15.7 Å². The van der Waals surface area contributed by atoms with Gasteiger partial charge in [0.1, 0.15) is 12.4 Å². The van der Waals surface area contributed by atoms with Crippen LogP contribution in [-0.2, 0) is 27.2 Å². The van der Waals surface area contributed by atoms with Crippen molar-refractivity contribution in [2.45, 2.75) is 20.1 Å². The molecule has 0 spiro atoms. The van der Waals surface area contributed by atoms with E-state index in [0.29, 0.717) is 18.7 Å². The van der Waals surface area contributed by atoms with Crippen molar-refractivity contribution in [3.63, 3.8) is 0 Å². The summed E-state index contributed by atoms with van der Waals surface area (Å²) in [6.07, 6.45) is 0. The number of imidazole rings is 1. The molecule has 0 radical (unpaired) electrons. The van der Waals surface area contributed by atoms with E-state index in [1.165, 1.54) is 0 Å². The van der Waals surface area contributed by atoms with Gasteiger partial charge in [0.05, 0.1) is 16.6 Å². The summed E-state index contributed by atoms with van der Waals surface area (Å²) in [5.74, 6) is -0.197. The van der Waals surface area contributed by atoms with E-state index in [0.717, 1.165) is 33.6 Å². The molecule has 7 nitrogen and oxygen atoms in total. The maximum absolute atomic E-state index is 12.1. The van der Waals surface area contributed by atoms with Gasteiger partial charge < -0.3 is 15.2 Å². The molecule has 1 aromatic heterocycles. The molecule has 0 atom stereocenters. The third kappa shape index (κ3) is 3.97. The number of benzene rings is 3. The molecular formula is C25H25N3O4. The molecular weight excluding hydrogens is 406 g/mol. The van der Waals surface area contributed by atoms with Crippen molar-refractivity contribution in [2.24, 2.45) is 14.1 Å². The number of hydrogen-bond donors (Lipinski definition) is 2. The number of fused-ring (bicyclic) bond motifs is 1. The summed E-state index contributed by atoms with van der Waals surface area (Å²) in [7, 11) is 3.52. The minimum Gasteiger partial charge on any atom is -0.489 e. The van der Waals surface area contributed by atoms with Gasteiger partial charge in [0.25, 0.3) is 0 Å². The van der Waals surface area contributed by atoms with Crippen molar-refractivity contribution in [1.29, 1.82) is 0 Å². The number of rotatable bonds is 7. The fourth-order valence-corrected chi connectivity index (χ4v) is 3.84. The summed E-state index contributed by atoms with van der Waals surface area (Å²) in [4.78, 5) is 23.5. The highest BCUT2D eigenvalue weighted by atomic mass is 16.5. The Morgan fingerprint density at radius 3 is 2.53 bits per heavy atom. The number of carbonyl (C=O) groups is 1. The van der Waals surface area contributed by atoms with E-state index in [9.17, 15) is 14.7 Å². The SMILES string of the molecule is Cc1c(NCc2ccccc2OCc2ccc3c(c2)n(C)c(=O)n3C)cccc1C(=O)O. The van der Waals surface area contributed by atoms with Crippen LogP contribution in [0.3, 0.4) is 0 Å². The lowest BCUT2D eigenvalue weighted by atomic mass is 10.1. The standard InChI is InChI=1S/C25H25N3O4/c1-16-19(24(29)30)8-6-9-20(16)26-14-18-7-4-5-10-23(18)32-15-17-11-12-21-22(13-17)28(3)25(31)27(21)2/h4-13,26H,14-15H2,1-3H3,(H,29,30). The van der Waals surface area contributed by atoms with Gasteiger partial charge in [0, 0.05) is 31.9 Å². The number of para-hydroxylation sites is 1. The fraction of sp³-hybridized carbons (Fsp3) is 0.200. The molecule has 0 bridgehead atoms. The van der Waals surface area contributed by atoms with E-state index in [1.807, 2.05) is 48.5 Å². The second-order valence-corrected chi connectivity index (χ2v) is 7.76. The lowest BCUT2D eigenvalue weighted by Crippen LogP contribution is -2.19. The summed E-state index contributed by atoms with van der Waals surface area (Å²) in [6.45, 7) is 2.65. The molecule has 4 rings (SSSR count). The van der Waals surface area contributed by atoms with Gasteiger partial charge in [-0.1, -0.05) is 30.3 Å². The number of nitrogens with zero attached hydrogens (tertiary/aromatic N) is 2.